The summed E-state index contributed by atoms with van der Waals surface area (Å²) >= 11 is 0. The summed E-state index contributed by atoms with van der Waals surface area (Å²) in [5.41, 5.74) is 0.748. The van der Waals surface area contributed by atoms with Crippen molar-refractivity contribution in [3.63, 3.8) is 0 Å². The van der Waals surface area contributed by atoms with Gasteiger partial charge in [0, 0.05) is 38.2 Å². The number of aromatic nitrogens is 3. The second-order valence-electron chi connectivity index (χ2n) is 7.85. The number of hydrogen-bond donors (Lipinski definition) is 0. The molecule has 0 unspecified atom stereocenters. The largest absolute Gasteiger partial charge is 0.425 e. The van der Waals surface area contributed by atoms with Gasteiger partial charge in [0.2, 0.25) is 11.8 Å². The highest BCUT2D eigenvalue weighted by Crippen LogP contribution is 2.40. The first-order valence-electron chi connectivity index (χ1n) is 9.53. The maximum atomic E-state index is 12.7. The molecule has 138 valence electrons. The SMILES string of the molecule is Cn1cccc1C(=O)N1CC[C@@H]2[C@@H](CO[C@@H]2Cc2nnc(C3CC3)o2)C1. The fourth-order valence-corrected chi connectivity index (χ4v) is 4.34. The Bertz CT molecular complexity index is 809. The molecule has 2 aromatic rings. The van der Waals surface area contributed by atoms with Crippen molar-refractivity contribution in [2.24, 2.45) is 18.9 Å². The van der Waals surface area contributed by atoms with E-state index in [1.165, 1.54) is 0 Å². The van der Waals surface area contributed by atoms with Gasteiger partial charge in [-0.1, -0.05) is 0 Å². The maximum absolute atomic E-state index is 12.7. The molecule has 4 heterocycles. The van der Waals surface area contributed by atoms with Gasteiger partial charge in [0.1, 0.15) is 5.69 Å². The van der Waals surface area contributed by atoms with Crippen LogP contribution >= 0.6 is 0 Å². The lowest BCUT2D eigenvalue weighted by atomic mass is 9.83. The van der Waals surface area contributed by atoms with Crippen molar-refractivity contribution >= 4 is 5.91 Å². The lowest BCUT2D eigenvalue weighted by molar-refractivity contribution is 0.0595. The number of fused-ring (bicyclic) bond motifs is 1. The van der Waals surface area contributed by atoms with Crippen molar-refractivity contribution in [3.8, 4) is 0 Å². The van der Waals surface area contributed by atoms with E-state index in [9.17, 15) is 4.79 Å². The maximum Gasteiger partial charge on any atom is 0.270 e. The van der Waals surface area contributed by atoms with Crippen molar-refractivity contribution < 1.29 is 13.9 Å². The molecule has 26 heavy (non-hydrogen) atoms. The van der Waals surface area contributed by atoms with Gasteiger partial charge in [0.05, 0.1) is 19.1 Å². The van der Waals surface area contributed by atoms with Crippen LogP contribution in [0.3, 0.4) is 0 Å². The number of rotatable bonds is 4. The van der Waals surface area contributed by atoms with E-state index in [-0.39, 0.29) is 12.0 Å². The van der Waals surface area contributed by atoms with Gasteiger partial charge in [-0.25, -0.2) is 0 Å². The predicted molar refractivity (Wildman–Crippen MR) is 92.6 cm³/mol. The molecule has 0 N–H and O–H groups in total. The standard InChI is InChI=1S/C19H24N4O3/c1-22-7-2-3-15(22)19(24)23-8-6-14-13(10-23)11-25-16(14)9-17-20-21-18(26-17)12-4-5-12/h2-3,7,12-14,16H,4-6,8-11H2,1H3/t13-,14-,16-/m1/s1. The van der Waals surface area contributed by atoms with Gasteiger partial charge in [-0.3, -0.25) is 4.79 Å². The number of ether oxygens (including phenoxy) is 1. The van der Waals surface area contributed by atoms with E-state index in [1.54, 1.807) is 0 Å². The molecule has 3 atom stereocenters. The molecule has 1 saturated carbocycles. The molecule has 7 nitrogen and oxygen atoms in total. The van der Waals surface area contributed by atoms with Crippen LogP contribution in [0.1, 0.15) is 47.5 Å². The van der Waals surface area contributed by atoms with Gasteiger partial charge in [0.15, 0.2) is 0 Å². The third-order valence-corrected chi connectivity index (χ3v) is 6.03. The first-order valence-corrected chi connectivity index (χ1v) is 9.53. The van der Waals surface area contributed by atoms with E-state index in [0.717, 1.165) is 43.9 Å². The first kappa shape index (κ1) is 16.1. The van der Waals surface area contributed by atoms with Crippen LogP contribution in [0.15, 0.2) is 22.7 Å². The molecule has 7 heteroatoms. The minimum Gasteiger partial charge on any atom is -0.425 e. The van der Waals surface area contributed by atoms with Gasteiger partial charge in [-0.05, 0) is 37.3 Å². The van der Waals surface area contributed by atoms with E-state index >= 15 is 0 Å². The molecule has 2 aromatic heterocycles. The van der Waals surface area contributed by atoms with Crippen molar-refractivity contribution in [1.82, 2.24) is 19.7 Å². The highest BCUT2D eigenvalue weighted by atomic mass is 16.5. The molecule has 0 aromatic carbocycles. The van der Waals surface area contributed by atoms with Crippen molar-refractivity contribution in [2.75, 3.05) is 19.7 Å². The lowest BCUT2D eigenvalue weighted by Crippen LogP contribution is -2.45. The number of amides is 1. The molecular formula is C19H24N4O3. The van der Waals surface area contributed by atoms with E-state index in [0.29, 0.717) is 36.7 Å². The molecule has 3 aliphatic rings. The van der Waals surface area contributed by atoms with Crippen LogP contribution < -0.4 is 0 Å². The van der Waals surface area contributed by atoms with Crippen LogP contribution in [0.5, 0.6) is 0 Å². The molecule has 0 bridgehead atoms. The minimum absolute atomic E-state index is 0.116. The van der Waals surface area contributed by atoms with E-state index < -0.39 is 0 Å². The van der Waals surface area contributed by atoms with Gasteiger partial charge in [-0.2, -0.15) is 0 Å². The molecule has 2 aliphatic heterocycles. The number of likely N-dealkylation sites (tertiary alicyclic amines) is 1. The van der Waals surface area contributed by atoms with Gasteiger partial charge in [-0.15, -0.1) is 10.2 Å². The number of hydrogen-bond acceptors (Lipinski definition) is 5. The average Bonchev–Trinajstić information content (AvgIpc) is 3.05. The molecule has 3 fully saturated rings. The third kappa shape index (κ3) is 2.84. The number of piperidine rings is 1. The normalized spacial score (nSPS) is 28.3. The Morgan fingerprint density at radius 2 is 2.19 bits per heavy atom. The summed E-state index contributed by atoms with van der Waals surface area (Å²) in [5.74, 6) is 2.94. The van der Waals surface area contributed by atoms with Crippen LogP contribution in [0.4, 0.5) is 0 Å². The zero-order chi connectivity index (χ0) is 17.7. The number of nitrogens with zero attached hydrogens (tertiary/aromatic N) is 4. The monoisotopic (exact) mass is 356 g/mol. The Balaban J connectivity index is 1.22. The van der Waals surface area contributed by atoms with Crippen LogP contribution in [0.25, 0.3) is 0 Å². The quantitative estimate of drug-likeness (QED) is 0.838. The number of carbonyl (C=O) groups is 1. The Labute approximate surface area is 152 Å². The molecule has 1 aliphatic carbocycles. The number of aryl methyl sites for hydroxylation is 1. The topological polar surface area (TPSA) is 73.4 Å². The Hall–Kier alpha value is -2.15. The van der Waals surface area contributed by atoms with Crippen LogP contribution in [-0.4, -0.2) is 51.4 Å². The fourth-order valence-electron chi connectivity index (χ4n) is 4.34. The van der Waals surface area contributed by atoms with Crippen LogP contribution in [0, 0.1) is 11.8 Å². The first-order chi connectivity index (χ1) is 12.7. The van der Waals surface area contributed by atoms with E-state index in [1.807, 2.05) is 34.8 Å². The highest BCUT2D eigenvalue weighted by Gasteiger charge is 2.43. The Morgan fingerprint density at radius 1 is 1.31 bits per heavy atom. The second kappa shape index (κ2) is 6.23. The average molecular weight is 356 g/mol. The summed E-state index contributed by atoms with van der Waals surface area (Å²) in [6, 6.07) is 3.80. The fraction of sp³-hybridized carbons (Fsp3) is 0.632. The predicted octanol–water partition coefficient (Wildman–Crippen LogP) is 2.01. The third-order valence-electron chi connectivity index (χ3n) is 6.03. The molecule has 5 rings (SSSR count). The van der Waals surface area contributed by atoms with Gasteiger partial charge >= 0.3 is 0 Å². The summed E-state index contributed by atoms with van der Waals surface area (Å²) in [4.78, 5) is 14.7. The van der Waals surface area contributed by atoms with Crippen LogP contribution in [-0.2, 0) is 18.2 Å². The molecule has 0 radical (unpaired) electrons. The molecular weight excluding hydrogens is 332 g/mol. The second-order valence-corrected chi connectivity index (χ2v) is 7.85. The van der Waals surface area contributed by atoms with E-state index in [2.05, 4.69) is 10.2 Å². The van der Waals surface area contributed by atoms with Crippen molar-refractivity contribution in [3.05, 3.63) is 35.8 Å². The lowest BCUT2D eigenvalue weighted by Gasteiger charge is -2.35. The summed E-state index contributed by atoms with van der Waals surface area (Å²) in [7, 11) is 1.91. The Morgan fingerprint density at radius 3 is 2.96 bits per heavy atom. The highest BCUT2D eigenvalue weighted by molar-refractivity contribution is 5.92. The van der Waals surface area contributed by atoms with Crippen molar-refractivity contribution in [2.45, 2.75) is 37.7 Å². The zero-order valence-corrected chi connectivity index (χ0v) is 15.0. The Kier molecular flexibility index (Phi) is 3.85. The summed E-state index contributed by atoms with van der Waals surface area (Å²) in [6.07, 6.45) is 6.02. The van der Waals surface area contributed by atoms with E-state index in [4.69, 9.17) is 9.15 Å². The van der Waals surface area contributed by atoms with Gasteiger partial charge in [0.25, 0.3) is 5.91 Å². The van der Waals surface area contributed by atoms with Gasteiger partial charge < -0.3 is 18.6 Å². The summed E-state index contributed by atoms with van der Waals surface area (Å²) in [5, 5.41) is 8.37. The van der Waals surface area contributed by atoms with Crippen molar-refractivity contribution in [1.29, 1.82) is 0 Å². The molecule has 1 amide bonds. The smallest absolute Gasteiger partial charge is 0.270 e. The summed E-state index contributed by atoms with van der Waals surface area (Å²) in [6.45, 7) is 2.25. The molecule has 2 saturated heterocycles. The zero-order valence-electron chi connectivity index (χ0n) is 15.0. The van der Waals surface area contributed by atoms with Crippen LogP contribution in [0.2, 0.25) is 0 Å². The minimum atomic E-state index is 0.116. The molecule has 0 spiro atoms. The number of carbonyl (C=O) groups excluding carboxylic acids is 1. The summed E-state index contributed by atoms with van der Waals surface area (Å²) < 4.78 is 13.7.